The summed E-state index contributed by atoms with van der Waals surface area (Å²) in [6.07, 6.45) is 5.92. The minimum Gasteiger partial charge on any atom is -0.381 e. The number of rotatable bonds is 5. The molecule has 0 saturated heterocycles. The molecule has 2 heterocycles. The topological polar surface area (TPSA) is 68.8 Å². The number of hydrogen-bond donors (Lipinski definition) is 1. The first-order chi connectivity index (χ1) is 14.5. The third-order valence-electron chi connectivity index (χ3n) is 4.45. The van der Waals surface area contributed by atoms with Gasteiger partial charge >= 0.3 is 0 Å². The summed E-state index contributed by atoms with van der Waals surface area (Å²) in [7, 11) is 0. The predicted molar refractivity (Wildman–Crippen MR) is 104 cm³/mol. The Morgan fingerprint density at radius 1 is 1.00 bits per heavy atom. The number of aliphatic hydroxyl groups is 1. The lowest BCUT2D eigenvalue weighted by Gasteiger charge is -2.28. The van der Waals surface area contributed by atoms with Gasteiger partial charge in [0.25, 0.3) is 0 Å². The van der Waals surface area contributed by atoms with Crippen molar-refractivity contribution in [1.29, 1.82) is 0 Å². The minimum absolute atomic E-state index is 0.0666. The molecule has 1 unspecified atom stereocenters. The van der Waals surface area contributed by atoms with Crippen molar-refractivity contribution in [2.24, 2.45) is 0 Å². The number of nitrogens with zero attached hydrogens (tertiary/aromatic N) is 5. The molecule has 149 valence electrons. The highest BCUT2D eigenvalue weighted by Crippen LogP contribution is 2.28. The summed E-state index contributed by atoms with van der Waals surface area (Å²) in [5.41, 5.74) is -0.358. The van der Waals surface area contributed by atoms with E-state index in [9.17, 15) is 13.9 Å². The fraction of sp³-hybridized carbons (Fsp3) is 0.136. The SMILES string of the molecule is OC(Cn1cncn1)(Cn1cc(C#Cc2cc[c]cc2)cn1)c1ccc(F)cc1F. The van der Waals surface area contributed by atoms with Gasteiger partial charge in [0.2, 0.25) is 0 Å². The lowest BCUT2D eigenvalue weighted by atomic mass is 9.93. The van der Waals surface area contributed by atoms with Crippen LogP contribution in [0.25, 0.3) is 0 Å². The van der Waals surface area contributed by atoms with Gasteiger partial charge in [0.05, 0.1) is 24.8 Å². The normalized spacial score (nSPS) is 12.8. The van der Waals surface area contributed by atoms with Crippen LogP contribution in [0.15, 0.2) is 67.5 Å². The quantitative estimate of drug-likeness (QED) is 0.519. The molecule has 6 nitrogen and oxygen atoms in total. The lowest BCUT2D eigenvalue weighted by molar-refractivity contribution is -0.00847. The van der Waals surface area contributed by atoms with Crippen LogP contribution in [0, 0.1) is 29.5 Å². The summed E-state index contributed by atoms with van der Waals surface area (Å²) >= 11 is 0. The van der Waals surface area contributed by atoms with Crippen LogP contribution in [0.1, 0.15) is 16.7 Å². The van der Waals surface area contributed by atoms with E-state index in [4.69, 9.17) is 0 Å². The Labute approximate surface area is 171 Å². The summed E-state index contributed by atoms with van der Waals surface area (Å²) in [6, 6.07) is 13.2. The molecule has 0 bridgehead atoms. The molecule has 30 heavy (non-hydrogen) atoms. The largest absolute Gasteiger partial charge is 0.381 e. The average Bonchev–Trinajstić information content (AvgIpc) is 3.39. The molecule has 4 aromatic rings. The van der Waals surface area contributed by atoms with E-state index in [0.29, 0.717) is 5.56 Å². The molecule has 0 fully saturated rings. The number of benzene rings is 2. The average molecular weight is 404 g/mol. The fourth-order valence-electron chi connectivity index (χ4n) is 3.07. The molecule has 1 N–H and O–H groups in total. The molecule has 0 spiro atoms. The van der Waals surface area contributed by atoms with Crippen LogP contribution in [0.5, 0.6) is 0 Å². The Kier molecular flexibility index (Phi) is 5.37. The van der Waals surface area contributed by atoms with Crippen LogP contribution in [0.3, 0.4) is 0 Å². The van der Waals surface area contributed by atoms with Crippen molar-refractivity contribution in [2.75, 3.05) is 0 Å². The Morgan fingerprint density at radius 3 is 2.50 bits per heavy atom. The van der Waals surface area contributed by atoms with E-state index < -0.39 is 17.2 Å². The van der Waals surface area contributed by atoms with Crippen molar-refractivity contribution in [3.63, 3.8) is 0 Å². The van der Waals surface area contributed by atoms with Gasteiger partial charge in [-0.2, -0.15) is 10.2 Å². The lowest BCUT2D eigenvalue weighted by Crippen LogP contribution is -2.37. The van der Waals surface area contributed by atoms with Crippen LogP contribution in [-0.4, -0.2) is 29.7 Å². The summed E-state index contributed by atoms with van der Waals surface area (Å²) in [6.45, 7) is -0.200. The Morgan fingerprint density at radius 2 is 1.77 bits per heavy atom. The second kappa shape index (κ2) is 8.27. The number of halogens is 2. The maximum absolute atomic E-state index is 14.5. The van der Waals surface area contributed by atoms with Crippen molar-refractivity contribution in [3.8, 4) is 11.8 Å². The molecule has 2 aromatic carbocycles. The minimum atomic E-state index is -1.75. The van der Waals surface area contributed by atoms with Crippen molar-refractivity contribution in [2.45, 2.75) is 18.7 Å². The second-order valence-electron chi connectivity index (χ2n) is 6.71. The van der Waals surface area contributed by atoms with E-state index >= 15 is 0 Å². The standard InChI is InChI=1S/C22H16F2N5O/c23-19-8-9-20(21(24)10-19)22(30,14-29-16-25-15-27-29)13-28-12-18(11-26-28)7-6-17-4-2-1-3-5-17/h2-5,8-12,15-16,30H,13-14H2. The molecule has 0 aliphatic rings. The van der Waals surface area contributed by atoms with E-state index in [-0.39, 0.29) is 18.7 Å². The first kappa shape index (κ1) is 19.5. The van der Waals surface area contributed by atoms with E-state index in [1.165, 1.54) is 28.1 Å². The van der Waals surface area contributed by atoms with Gasteiger partial charge in [0.15, 0.2) is 0 Å². The van der Waals surface area contributed by atoms with E-state index in [2.05, 4.69) is 33.1 Å². The van der Waals surface area contributed by atoms with E-state index in [1.807, 2.05) is 12.1 Å². The van der Waals surface area contributed by atoms with Gasteiger partial charge in [-0.1, -0.05) is 30.0 Å². The van der Waals surface area contributed by atoms with Crippen molar-refractivity contribution >= 4 is 0 Å². The summed E-state index contributed by atoms with van der Waals surface area (Å²) in [5.74, 6) is 4.42. The molecule has 8 heteroatoms. The fourth-order valence-corrected chi connectivity index (χ4v) is 3.07. The second-order valence-corrected chi connectivity index (χ2v) is 6.71. The van der Waals surface area contributed by atoms with Crippen LogP contribution in [0.2, 0.25) is 0 Å². The highest BCUT2D eigenvalue weighted by Gasteiger charge is 2.34. The van der Waals surface area contributed by atoms with E-state index in [1.54, 1.807) is 24.5 Å². The first-order valence-electron chi connectivity index (χ1n) is 9.03. The highest BCUT2D eigenvalue weighted by atomic mass is 19.1. The van der Waals surface area contributed by atoms with Gasteiger partial charge in [-0.15, -0.1) is 0 Å². The zero-order chi connectivity index (χ0) is 21.0. The molecule has 2 aromatic heterocycles. The van der Waals surface area contributed by atoms with Crippen molar-refractivity contribution in [3.05, 3.63) is 102 Å². The Hall–Kier alpha value is -3.83. The third kappa shape index (κ3) is 4.42. The predicted octanol–water partition coefficient (Wildman–Crippen LogP) is 2.54. The molecule has 4 rings (SSSR count). The van der Waals surface area contributed by atoms with Crippen LogP contribution in [-0.2, 0) is 18.7 Å². The number of aromatic nitrogens is 5. The molecule has 0 saturated carbocycles. The van der Waals surface area contributed by atoms with Gasteiger partial charge in [0, 0.05) is 23.4 Å². The molecule has 1 atom stereocenters. The molecule has 1 radical (unpaired) electrons. The van der Waals surface area contributed by atoms with Crippen molar-refractivity contribution < 1.29 is 13.9 Å². The van der Waals surface area contributed by atoms with Gasteiger partial charge in [-0.05, 0) is 24.3 Å². The van der Waals surface area contributed by atoms with Gasteiger partial charge < -0.3 is 5.11 Å². The van der Waals surface area contributed by atoms with Crippen molar-refractivity contribution in [1.82, 2.24) is 24.5 Å². The molecular formula is C22H16F2N5O. The first-order valence-corrected chi connectivity index (χ1v) is 9.03. The Bertz CT molecular complexity index is 1200. The monoisotopic (exact) mass is 404 g/mol. The zero-order valence-corrected chi connectivity index (χ0v) is 15.7. The number of hydrogen-bond acceptors (Lipinski definition) is 4. The van der Waals surface area contributed by atoms with Crippen LogP contribution in [0.4, 0.5) is 8.78 Å². The van der Waals surface area contributed by atoms with Crippen LogP contribution >= 0.6 is 0 Å². The summed E-state index contributed by atoms with van der Waals surface area (Å²) < 4.78 is 30.7. The molecule has 0 aliphatic carbocycles. The van der Waals surface area contributed by atoms with E-state index in [0.717, 1.165) is 17.7 Å². The smallest absolute Gasteiger partial charge is 0.137 e. The molecular weight excluding hydrogens is 388 g/mol. The summed E-state index contributed by atoms with van der Waals surface area (Å²) in [5, 5.41) is 19.5. The third-order valence-corrected chi connectivity index (χ3v) is 4.45. The van der Waals surface area contributed by atoms with Gasteiger partial charge in [0.1, 0.15) is 29.9 Å². The summed E-state index contributed by atoms with van der Waals surface area (Å²) in [4.78, 5) is 3.84. The maximum atomic E-state index is 14.5. The maximum Gasteiger partial charge on any atom is 0.137 e. The zero-order valence-electron chi connectivity index (χ0n) is 15.7. The highest BCUT2D eigenvalue weighted by molar-refractivity contribution is 5.40. The molecule has 0 amide bonds. The van der Waals surface area contributed by atoms with Crippen LogP contribution < -0.4 is 0 Å². The van der Waals surface area contributed by atoms with Gasteiger partial charge in [-0.3, -0.25) is 4.68 Å². The molecule has 0 aliphatic heterocycles. The van der Waals surface area contributed by atoms with Gasteiger partial charge in [-0.25, -0.2) is 18.4 Å². The Balaban J connectivity index is 1.63.